The molecule has 4 heteroatoms. The Morgan fingerprint density at radius 2 is 2.00 bits per heavy atom. The molecule has 0 aromatic heterocycles. The van der Waals surface area contributed by atoms with Gasteiger partial charge in [0.05, 0.1) is 11.6 Å². The number of phenols is 1. The molecule has 0 heterocycles. The standard InChI is InChI=1S/C9H8Cl2O2/c10-7-4-6(2-1-3-12)9(13)8(11)5-7/h1-2,4-5,12-13H,3H2/b2-1+. The highest BCUT2D eigenvalue weighted by Crippen LogP contribution is 2.31. The summed E-state index contributed by atoms with van der Waals surface area (Å²) in [5.41, 5.74) is 0.492. The molecule has 1 aromatic carbocycles. The van der Waals surface area contributed by atoms with Crippen molar-refractivity contribution in [2.75, 3.05) is 6.61 Å². The van der Waals surface area contributed by atoms with Crippen LogP contribution in [-0.2, 0) is 0 Å². The molecule has 0 saturated carbocycles. The first-order valence-electron chi connectivity index (χ1n) is 3.60. The maximum absolute atomic E-state index is 9.43. The minimum atomic E-state index is -0.0937. The number of benzene rings is 1. The van der Waals surface area contributed by atoms with Gasteiger partial charge in [0.2, 0.25) is 0 Å². The van der Waals surface area contributed by atoms with Crippen LogP contribution in [0.2, 0.25) is 10.0 Å². The summed E-state index contributed by atoms with van der Waals surface area (Å²) in [6.07, 6.45) is 3.04. The van der Waals surface area contributed by atoms with E-state index in [-0.39, 0.29) is 17.4 Å². The normalized spacial score (nSPS) is 11.0. The fourth-order valence-electron chi connectivity index (χ4n) is 0.893. The number of halogens is 2. The lowest BCUT2D eigenvalue weighted by Gasteiger charge is -2.02. The van der Waals surface area contributed by atoms with Crippen molar-refractivity contribution >= 4 is 29.3 Å². The highest BCUT2D eigenvalue weighted by Gasteiger charge is 2.04. The van der Waals surface area contributed by atoms with Gasteiger partial charge in [-0.1, -0.05) is 35.4 Å². The summed E-state index contributed by atoms with van der Waals surface area (Å²) >= 11 is 11.4. The predicted molar refractivity (Wildman–Crippen MR) is 54.2 cm³/mol. The van der Waals surface area contributed by atoms with E-state index in [1.807, 2.05) is 0 Å². The number of aliphatic hydroxyl groups excluding tert-OH is 1. The van der Waals surface area contributed by atoms with Gasteiger partial charge in [-0.2, -0.15) is 0 Å². The zero-order valence-electron chi connectivity index (χ0n) is 6.67. The smallest absolute Gasteiger partial charge is 0.141 e. The zero-order valence-corrected chi connectivity index (χ0v) is 8.18. The lowest BCUT2D eigenvalue weighted by atomic mass is 10.2. The first-order valence-corrected chi connectivity index (χ1v) is 4.36. The Morgan fingerprint density at radius 1 is 1.31 bits per heavy atom. The molecule has 70 valence electrons. The predicted octanol–water partition coefficient (Wildman–Crippen LogP) is 2.70. The van der Waals surface area contributed by atoms with Crippen LogP contribution in [0.3, 0.4) is 0 Å². The zero-order chi connectivity index (χ0) is 9.84. The fourth-order valence-corrected chi connectivity index (χ4v) is 1.40. The average Bonchev–Trinajstić information content (AvgIpc) is 2.09. The number of hydrogen-bond donors (Lipinski definition) is 2. The average molecular weight is 219 g/mol. The molecule has 0 saturated heterocycles. The van der Waals surface area contributed by atoms with E-state index in [1.165, 1.54) is 12.1 Å². The van der Waals surface area contributed by atoms with E-state index in [1.54, 1.807) is 12.1 Å². The second-order valence-electron chi connectivity index (χ2n) is 2.41. The molecule has 0 aliphatic carbocycles. The Kier molecular flexibility index (Phi) is 3.60. The van der Waals surface area contributed by atoms with E-state index in [4.69, 9.17) is 28.3 Å². The van der Waals surface area contributed by atoms with Gasteiger partial charge < -0.3 is 10.2 Å². The molecular formula is C9H8Cl2O2. The molecule has 1 aromatic rings. The van der Waals surface area contributed by atoms with Crippen molar-refractivity contribution in [3.63, 3.8) is 0 Å². The van der Waals surface area contributed by atoms with E-state index >= 15 is 0 Å². The van der Waals surface area contributed by atoms with E-state index in [0.29, 0.717) is 10.6 Å². The molecule has 0 amide bonds. The van der Waals surface area contributed by atoms with E-state index < -0.39 is 0 Å². The summed E-state index contributed by atoms with van der Waals surface area (Å²) in [5.74, 6) is -0.0317. The molecule has 0 fully saturated rings. The molecule has 0 spiro atoms. The van der Waals surface area contributed by atoms with Crippen LogP contribution in [0, 0.1) is 0 Å². The number of hydrogen-bond acceptors (Lipinski definition) is 2. The molecule has 0 aliphatic heterocycles. The maximum atomic E-state index is 9.43. The molecule has 0 radical (unpaired) electrons. The minimum Gasteiger partial charge on any atom is -0.506 e. The largest absolute Gasteiger partial charge is 0.506 e. The molecule has 2 nitrogen and oxygen atoms in total. The summed E-state index contributed by atoms with van der Waals surface area (Å²) < 4.78 is 0. The third kappa shape index (κ3) is 2.62. The molecule has 1 rings (SSSR count). The van der Waals surface area contributed by atoms with Crippen molar-refractivity contribution in [3.05, 3.63) is 33.8 Å². The molecular weight excluding hydrogens is 211 g/mol. The quantitative estimate of drug-likeness (QED) is 0.802. The van der Waals surface area contributed by atoms with Crippen LogP contribution in [0.1, 0.15) is 5.56 Å². The Bertz CT molecular complexity index is 335. The summed E-state index contributed by atoms with van der Waals surface area (Å²) in [5, 5.41) is 18.6. The van der Waals surface area contributed by atoms with Crippen molar-refractivity contribution in [1.82, 2.24) is 0 Å². The highest BCUT2D eigenvalue weighted by atomic mass is 35.5. The first kappa shape index (κ1) is 10.4. The number of aliphatic hydroxyl groups is 1. The van der Waals surface area contributed by atoms with Crippen molar-refractivity contribution in [1.29, 1.82) is 0 Å². The van der Waals surface area contributed by atoms with Crippen molar-refractivity contribution in [3.8, 4) is 5.75 Å². The molecule has 13 heavy (non-hydrogen) atoms. The summed E-state index contributed by atoms with van der Waals surface area (Å²) in [6.45, 7) is -0.0937. The van der Waals surface area contributed by atoms with Gasteiger partial charge in [0.25, 0.3) is 0 Å². The van der Waals surface area contributed by atoms with E-state index in [2.05, 4.69) is 0 Å². The fraction of sp³-hybridized carbons (Fsp3) is 0.111. The third-order valence-electron chi connectivity index (χ3n) is 1.46. The van der Waals surface area contributed by atoms with Gasteiger partial charge in [-0.15, -0.1) is 0 Å². The summed E-state index contributed by atoms with van der Waals surface area (Å²) in [7, 11) is 0. The van der Waals surface area contributed by atoms with Crippen LogP contribution < -0.4 is 0 Å². The molecule has 0 bridgehead atoms. The molecule has 0 unspecified atom stereocenters. The molecule has 0 atom stereocenters. The van der Waals surface area contributed by atoms with Crippen LogP contribution in [-0.4, -0.2) is 16.8 Å². The summed E-state index contributed by atoms with van der Waals surface area (Å²) in [6, 6.07) is 3.02. The van der Waals surface area contributed by atoms with Crippen LogP contribution in [0.15, 0.2) is 18.2 Å². The van der Waals surface area contributed by atoms with Gasteiger partial charge in [-0.05, 0) is 12.1 Å². The number of aromatic hydroxyl groups is 1. The van der Waals surface area contributed by atoms with Gasteiger partial charge >= 0.3 is 0 Å². The number of phenolic OH excluding ortho intramolecular Hbond substituents is 1. The Hall–Kier alpha value is -0.700. The lowest BCUT2D eigenvalue weighted by Crippen LogP contribution is -1.78. The van der Waals surface area contributed by atoms with Gasteiger partial charge in [-0.3, -0.25) is 0 Å². The van der Waals surface area contributed by atoms with Crippen LogP contribution in [0.4, 0.5) is 0 Å². The second kappa shape index (κ2) is 4.51. The maximum Gasteiger partial charge on any atom is 0.141 e. The third-order valence-corrected chi connectivity index (χ3v) is 1.97. The number of rotatable bonds is 2. The van der Waals surface area contributed by atoms with E-state index in [9.17, 15) is 5.11 Å². The van der Waals surface area contributed by atoms with Crippen molar-refractivity contribution in [2.24, 2.45) is 0 Å². The topological polar surface area (TPSA) is 40.5 Å². The van der Waals surface area contributed by atoms with Crippen LogP contribution >= 0.6 is 23.2 Å². The van der Waals surface area contributed by atoms with Crippen molar-refractivity contribution < 1.29 is 10.2 Å². The highest BCUT2D eigenvalue weighted by molar-refractivity contribution is 6.35. The minimum absolute atomic E-state index is 0.0317. The monoisotopic (exact) mass is 218 g/mol. The van der Waals surface area contributed by atoms with Crippen molar-refractivity contribution in [2.45, 2.75) is 0 Å². The molecule has 2 N–H and O–H groups in total. The Labute approximate surface area is 86.0 Å². The van der Waals surface area contributed by atoms with Gasteiger partial charge in [-0.25, -0.2) is 0 Å². The Balaban J connectivity index is 3.12. The Morgan fingerprint density at radius 3 is 2.62 bits per heavy atom. The SMILES string of the molecule is OC/C=C/c1cc(Cl)cc(Cl)c1O. The molecule has 0 aliphatic rings. The van der Waals surface area contributed by atoms with E-state index in [0.717, 1.165) is 0 Å². The van der Waals surface area contributed by atoms with Crippen LogP contribution in [0.5, 0.6) is 5.75 Å². The van der Waals surface area contributed by atoms with Gasteiger partial charge in [0.1, 0.15) is 5.75 Å². The first-order chi connectivity index (χ1) is 6.15. The summed E-state index contributed by atoms with van der Waals surface area (Å²) in [4.78, 5) is 0. The second-order valence-corrected chi connectivity index (χ2v) is 3.25. The van der Waals surface area contributed by atoms with Gasteiger partial charge in [0, 0.05) is 10.6 Å². The van der Waals surface area contributed by atoms with Crippen LogP contribution in [0.25, 0.3) is 6.08 Å². The van der Waals surface area contributed by atoms with Gasteiger partial charge in [0.15, 0.2) is 0 Å². The lowest BCUT2D eigenvalue weighted by molar-refractivity contribution is 0.343.